The topological polar surface area (TPSA) is 43.6 Å². The summed E-state index contributed by atoms with van der Waals surface area (Å²) in [6, 6.07) is 11.9. The van der Waals surface area contributed by atoms with Crippen LogP contribution in [0.5, 0.6) is 5.75 Å². The second kappa shape index (κ2) is 6.46. The van der Waals surface area contributed by atoms with Crippen LogP contribution in [0, 0.1) is 0 Å². The number of aromatic nitrogens is 2. The molecule has 0 aliphatic carbocycles. The van der Waals surface area contributed by atoms with Gasteiger partial charge in [-0.3, -0.25) is 9.20 Å². The van der Waals surface area contributed by atoms with Gasteiger partial charge in [-0.1, -0.05) is 6.07 Å². The third kappa shape index (κ3) is 2.88. The molecule has 0 amide bonds. The van der Waals surface area contributed by atoms with Crippen molar-refractivity contribution in [2.75, 3.05) is 0 Å². The van der Waals surface area contributed by atoms with Crippen LogP contribution < -0.4 is 4.74 Å². The van der Waals surface area contributed by atoms with Crippen LogP contribution >= 0.6 is 22.7 Å². The molecule has 4 rings (SSSR count). The van der Waals surface area contributed by atoms with Gasteiger partial charge in [-0.2, -0.15) is 0 Å². The number of thiazole rings is 1. The second-order valence-corrected chi connectivity index (χ2v) is 7.65. The zero-order valence-electron chi connectivity index (χ0n) is 13.8. The van der Waals surface area contributed by atoms with Gasteiger partial charge in [0, 0.05) is 5.38 Å². The minimum Gasteiger partial charge on any atom is -0.491 e. The average Bonchev–Trinajstić information content (AvgIpc) is 3.31. The molecule has 0 atom stereocenters. The van der Waals surface area contributed by atoms with Gasteiger partial charge in [0.05, 0.1) is 16.7 Å². The molecular weight excluding hydrogens is 352 g/mol. The van der Waals surface area contributed by atoms with Gasteiger partial charge in [0.25, 0.3) is 0 Å². The maximum atomic E-state index is 11.8. The van der Waals surface area contributed by atoms with E-state index in [-0.39, 0.29) is 6.10 Å². The zero-order chi connectivity index (χ0) is 17.4. The van der Waals surface area contributed by atoms with Crippen LogP contribution in [0.3, 0.4) is 0 Å². The number of hydrogen-bond donors (Lipinski definition) is 0. The summed E-state index contributed by atoms with van der Waals surface area (Å²) >= 11 is 3.12. The molecule has 3 heterocycles. The van der Waals surface area contributed by atoms with E-state index in [2.05, 4.69) is 4.98 Å². The van der Waals surface area contributed by atoms with E-state index in [1.54, 1.807) is 11.3 Å². The smallest absolute Gasteiger partial charge is 0.195 e. The summed E-state index contributed by atoms with van der Waals surface area (Å²) in [5.74, 6) is 0.839. The molecule has 25 heavy (non-hydrogen) atoms. The van der Waals surface area contributed by atoms with E-state index >= 15 is 0 Å². The number of hydrogen-bond acceptors (Lipinski definition) is 5. The van der Waals surface area contributed by atoms with Crippen molar-refractivity contribution in [1.29, 1.82) is 0 Å². The molecule has 0 spiro atoms. The predicted molar refractivity (Wildman–Crippen MR) is 103 cm³/mol. The van der Waals surface area contributed by atoms with Crippen LogP contribution in [-0.2, 0) is 0 Å². The Morgan fingerprint density at radius 2 is 1.96 bits per heavy atom. The van der Waals surface area contributed by atoms with Crippen molar-refractivity contribution < 1.29 is 9.53 Å². The Balaban J connectivity index is 1.81. The number of nitrogens with zero attached hydrogens (tertiary/aromatic N) is 2. The Bertz CT molecular complexity index is 1010. The van der Waals surface area contributed by atoms with Gasteiger partial charge in [-0.25, -0.2) is 4.98 Å². The van der Waals surface area contributed by atoms with Crippen molar-refractivity contribution >= 4 is 33.9 Å². The number of benzene rings is 1. The van der Waals surface area contributed by atoms with Crippen molar-refractivity contribution in [2.45, 2.75) is 20.0 Å². The van der Waals surface area contributed by atoms with Crippen LogP contribution in [0.15, 0.2) is 47.2 Å². The van der Waals surface area contributed by atoms with Gasteiger partial charge in [0.1, 0.15) is 17.1 Å². The molecule has 0 unspecified atom stereocenters. The minimum atomic E-state index is 0.141. The third-order valence-corrected chi connectivity index (χ3v) is 5.49. The van der Waals surface area contributed by atoms with E-state index in [1.807, 2.05) is 65.4 Å². The highest BCUT2D eigenvalue weighted by Gasteiger charge is 2.19. The van der Waals surface area contributed by atoms with E-state index in [0.717, 1.165) is 38.8 Å². The summed E-state index contributed by atoms with van der Waals surface area (Å²) in [4.78, 5) is 18.3. The first-order valence-corrected chi connectivity index (χ1v) is 9.69. The lowest BCUT2D eigenvalue weighted by molar-refractivity contribution is 0.111. The van der Waals surface area contributed by atoms with Gasteiger partial charge in [0.15, 0.2) is 11.2 Å². The van der Waals surface area contributed by atoms with Gasteiger partial charge < -0.3 is 4.74 Å². The second-order valence-electron chi connectivity index (χ2n) is 5.87. The van der Waals surface area contributed by atoms with E-state index in [1.165, 1.54) is 11.3 Å². The van der Waals surface area contributed by atoms with Gasteiger partial charge >= 0.3 is 0 Å². The first-order valence-electron chi connectivity index (χ1n) is 7.93. The zero-order valence-corrected chi connectivity index (χ0v) is 15.4. The van der Waals surface area contributed by atoms with Crippen LogP contribution in [0.2, 0.25) is 0 Å². The first-order chi connectivity index (χ1) is 12.2. The summed E-state index contributed by atoms with van der Waals surface area (Å²) in [5.41, 5.74) is 3.34. The number of carbonyl (C=O) groups excluding carboxylic acids is 1. The number of carbonyl (C=O) groups is 1. The van der Waals surface area contributed by atoms with Crippen LogP contribution in [0.25, 0.3) is 26.8 Å². The summed E-state index contributed by atoms with van der Waals surface area (Å²) in [6.07, 6.45) is 1.03. The Kier molecular flexibility index (Phi) is 4.15. The Morgan fingerprint density at radius 1 is 1.16 bits per heavy atom. The maximum Gasteiger partial charge on any atom is 0.195 e. The molecular formula is C19H16N2O2S2. The standard InChI is InChI=1S/C19H16N2O2S2/c1-12(2)23-14-7-5-13(6-8-14)16-11-25-19-20-18(15(10-22)21(16)19)17-4-3-9-24-17/h3-12H,1-2H3. The Labute approximate surface area is 153 Å². The molecule has 126 valence electrons. The van der Waals surface area contributed by atoms with E-state index in [9.17, 15) is 4.79 Å². The van der Waals surface area contributed by atoms with Crippen molar-refractivity contribution in [2.24, 2.45) is 0 Å². The van der Waals surface area contributed by atoms with Crippen LogP contribution in [0.1, 0.15) is 24.3 Å². The quantitative estimate of drug-likeness (QED) is 0.444. The van der Waals surface area contributed by atoms with Gasteiger partial charge in [-0.05, 0) is 55.1 Å². The predicted octanol–water partition coefficient (Wildman–Crippen LogP) is 5.39. The average molecular weight is 368 g/mol. The van der Waals surface area contributed by atoms with Crippen LogP contribution in [0.4, 0.5) is 0 Å². The molecule has 0 bridgehead atoms. The molecule has 0 saturated carbocycles. The lowest BCUT2D eigenvalue weighted by Crippen LogP contribution is -2.05. The van der Waals surface area contributed by atoms with Crippen molar-refractivity contribution in [1.82, 2.24) is 9.38 Å². The first kappa shape index (κ1) is 16.1. The highest BCUT2D eigenvalue weighted by molar-refractivity contribution is 7.15. The lowest BCUT2D eigenvalue weighted by Gasteiger charge is -2.10. The third-order valence-electron chi connectivity index (χ3n) is 3.79. The van der Waals surface area contributed by atoms with Crippen molar-refractivity contribution in [3.05, 3.63) is 52.9 Å². The van der Waals surface area contributed by atoms with Gasteiger partial charge in [0.2, 0.25) is 0 Å². The number of rotatable bonds is 5. The Morgan fingerprint density at radius 3 is 2.60 bits per heavy atom. The molecule has 0 radical (unpaired) electrons. The van der Waals surface area contributed by atoms with E-state index in [4.69, 9.17) is 4.74 Å². The highest BCUT2D eigenvalue weighted by Crippen LogP contribution is 2.34. The summed E-state index contributed by atoms with van der Waals surface area (Å²) < 4.78 is 7.64. The molecule has 0 aliphatic rings. The van der Waals surface area contributed by atoms with Crippen molar-refractivity contribution in [3.8, 4) is 27.6 Å². The van der Waals surface area contributed by atoms with Crippen LogP contribution in [-0.4, -0.2) is 21.8 Å². The fourth-order valence-electron chi connectivity index (χ4n) is 2.76. The molecule has 0 N–H and O–H groups in total. The molecule has 4 nitrogen and oxygen atoms in total. The lowest BCUT2D eigenvalue weighted by atomic mass is 10.1. The van der Waals surface area contributed by atoms with E-state index in [0.29, 0.717) is 5.69 Å². The fourth-order valence-corrected chi connectivity index (χ4v) is 4.39. The summed E-state index contributed by atoms with van der Waals surface area (Å²) in [5, 5.41) is 4.03. The summed E-state index contributed by atoms with van der Waals surface area (Å²) in [7, 11) is 0. The SMILES string of the molecule is CC(C)Oc1ccc(-c2csc3nc(-c4cccs4)c(C=O)n23)cc1. The van der Waals surface area contributed by atoms with Gasteiger partial charge in [-0.15, -0.1) is 22.7 Å². The van der Waals surface area contributed by atoms with E-state index < -0.39 is 0 Å². The molecule has 3 aromatic heterocycles. The Hall–Kier alpha value is -2.44. The maximum absolute atomic E-state index is 11.8. The molecule has 6 heteroatoms. The molecule has 0 saturated heterocycles. The minimum absolute atomic E-state index is 0.141. The fraction of sp³-hybridized carbons (Fsp3) is 0.158. The molecule has 1 aromatic carbocycles. The highest BCUT2D eigenvalue weighted by atomic mass is 32.1. The number of thiophene rings is 1. The monoisotopic (exact) mass is 368 g/mol. The number of aldehydes is 1. The number of fused-ring (bicyclic) bond motifs is 1. The molecule has 0 aliphatic heterocycles. The normalized spacial score (nSPS) is 11.3. The number of imidazole rings is 1. The largest absolute Gasteiger partial charge is 0.491 e. The molecule has 0 fully saturated rings. The molecule has 4 aromatic rings. The summed E-state index contributed by atoms with van der Waals surface area (Å²) in [6.45, 7) is 4.01. The van der Waals surface area contributed by atoms with Crippen molar-refractivity contribution in [3.63, 3.8) is 0 Å². The number of ether oxygens (including phenoxy) is 1.